The average Bonchev–Trinajstić information content (AvgIpc) is 3.67. The number of hydrogen-bond acceptors (Lipinski definition) is 4. The highest BCUT2D eigenvalue weighted by molar-refractivity contribution is 5.94. The number of amides is 1. The summed E-state index contributed by atoms with van der Waals surface area (Å²) in [6.45, 7) is 1.59. The molecule has 2 aromatic carbocycles. The Balaban J connectivity index is 1.39. The molecule has 1 aliphatic carbocycles. The van der Waals surface area contributed by atoms with Crippen LogP contribution in [0, 0.1) is 0 Å². The lowest BCUT2D eigenvalue weighted by Gasteiger charge is -2.29. The zero-order chi connectivity index (χ0) is 25.8. The van der Waals surface area contributed by atoms with Gasteiger partial charge in [-0.15, -0.1) is 0 Å². The van der Waals surface area contributed by atoms with Crippen molar-refractivity contribution in [2.45, 2.75) is 31.8 Å². The molecule has 1 amide bonds. The lowest BCUT2D eigenvalue weighted by molar-refractivity contribution is -0.134. The number of benzene rings is 2. The number of aromatic nitrogens is 2. The maximum absolute atomic E-state index is 12.1. The van der Waals surface area contributed by atoms with Gasteiger partial charge in [0.05, 0.1) is 12.7 Å². The number of methoxy groups -OCH3 is 1. The van der Waals surface area contributed by atoms with E-state index < -0.39 is 0 Å². The highest BCUT2D eigenvalue weighted by Crippen LogP contribution is 2.37. The molecule has 0 saturated carbocycles. The van der Waals surface area contributed by atoms with Crippen LogP contribution in [0.4, 0.5) is 0 Å². The van der Waals surface area contributed by atoms with Gasteiger partial charge in [-0.2, -0.15) is 0 Å². The molecular weight excluding hydrogens is 464 g/mol. The maximum Gasteiger partial charge on any atom is 0.330 e. The number of esters is 1. The summed E-state index contributed by atoms with van der Waals surface area (Å²) in [4.78, 5) is 32.8. The first kappa shape index (κ1) is 24.6. The van der Waals surface area contributed by atoms with Gasteiger partial charge in [0.15, 0.2) is 0 Å². The minimum absolute atomic E-state index is 0.0911. The summed E-state index contributed by atoms with van der Waals surface area (Å²) < 4.78 is 4.71. The lowest BCUT2D eigenvalue weighted by atomic mass is 10.0. The van der Waals surface area contributed by atoms with E-state index in [1.54, 1.807) is 19.3 Å². The number of carbonyl (C=O) groups excluding carboxylic acids is 2. The standard InChI is InChI=1S/C30H32N4O3/c1-31-30(36)23-16-24(32-18-23)19-34(14-13-22-17-33-27-6-4-3-5-25(22)27)28-11-9-21-15-20(7-10-26(21)28)8-12-29(35)37-2/h3-8,10,12,15-18,28,32-33H,9,11,13-14,19H2,1-2H3,(H,31,36). The van der Waals surface area contributed by atoms with Gasteiger partial charge >= 0.3 is 5.97 Å². The largest absolute Gasteiger partial charge is 0.466 e. The van der Waals surface area contributed by atoms with E-state index in [-0.39, 0.29) is 17.9 Å². The molecule has 7 heteroatoms. The number of carbonyl (C=O) groups is 2. The second-order valence-electron chi connectivity index (χ2n) is 9.44. The molecule has 37 heavy (non-hydrogen) atoms. The fraction of sp³-hybridized carbons (Fsp3) is 0.267. The van der Waals surface area contributed by atoms with Crippen molar-refractivity contribution in [2.24, 2.45) is 0 Å². The van der Waals surface area contributed by atoms with Crippen LogP contribution in [0.1, 0.15) is 50.8 Å². The number of aromatic amines is 2. The minimum atomic E-state index is -0.357. The SMILES string of the molecule is CNC(=O)c1c[nH]c(CN(CCc2c[nH]c3ccccc23)C2CCc3cc(C=CC(=O)OC)ccc32)c1. The van der Waals surface area contributed by atoms with E-state index in [1.165, 1.54) is 35.3 Å². The highest BCUT2D eigenvalue weighted by Gasteiger charge is 2.28. The molecule has 0 radical (unpaired) electrons. The molecule has 1 atom stereocenters. The van der Waals surface area contributed by atoms with Gasteiger partial charge < -0.3 is 20.0 Å². The molecule has 2 heterocycles. The van der Waals surface area contributed by atoms with Gasteiger partial charge in [0.1, 0.15) is 0 Å². The Hall–Kier alpha value is -4.10. The van der Waals surface area contributed by atoms with Crippen LogP contribution < -0.4 is 5.32 Å². The topological polar surface area (TPSA) is 90.2 Å². The number of aryl methyl sites for hydroxylation is 1. The van der Waals surface area contributed by atoms with E-state index in [1.807, 2.05) is 12.1 Å². The highest BCUT2D eigenvalue weighted by atomic mass is 16.5. The maximum atomic E-state index is 12.1. The van der Waals surface area contributed by atoms with Gasteiger partial charge in [0.25, 0.3) is 5.91 Å². The van der Waals surface area contributed by atoms with Crippen molar-refractivity contribution < 1.29 is 14.3 Å². The number of fused-ring (bicyclic) bond motifs is 2. The molecule has 0 fully saturated rings. The minimum Gasteiger partial charge on any atom is -0.466 e. The van der Waals surface area contributed by atoms with Crippen molar-refractivity contribution in [1.82, 2.24) is 20.2 Å². The molecule has 2 aromatic heterocycles. The third-order valence-electron chi connectivity index (χ3n) is 7.22. The Morgan fingerprint density at radius 1 is 1.14 bits per heavy atom. The number of ether oxygens (including phenoxy) is 1. The monoisotopic (exact) mass is 496 g/mol. The molecule has 1 aliphatic rings. The van der Waals surface area contributed by atoms with E-state index in [4.69, 9.17) is 4.74 Å². The second kappa shape index (κ2) is 10.9. The number of H-pyrrole nitrogens is 2. The number of para-hydroxylation sites is 1. The van der Waals surface area contributed by atoms with Gasteiger partial charge in [-0.25, -0.2) is 4.79 Å². The number of nitrogens with zero attached hydrogens (tertiary/aromatic N) is 1. The molecule has 0 aliphatic heterocycles. The Morgan fingerprint density at radius 3 is 2.84 bits per heavy atom. The predicted octanol–water partition coefficient (Wildman–Crippen LogP) is 4.77. The third kappa shape index (κ3) is 5.37. The summed E-state index contributed by atoms with van der Waals surface area (Å²) in [5.74, 6) is -0.449. The molecule has 190 valence electrons. The van der Waals surface area contributed by atoms with E-state index in [0.717, 1.165) is 42.6 Å². The average molecular weight is 497 g/mol. The van der Waals surface area contributed by atoms with Gasteiger partial charge in [0.2, 0.25) is 0 Å². The fourth-order valence-electron chi connectivity index (χ4n) is 5.30. The molecule has 0 bridgehead atoms. The Morgan fingerprint density at radius 2 is 2.00 bits per heavy atom. The Kier molecular flexibility index (Phi) is 7.23. The van der Waals surface area contributed by atoms with Crippen LogP contribution in [0.2, 0.25) is 0 Å². The van der Waals surface area contributed by atoms with E-state index in [0.29, 0.717) is 12.1 Å². The molecule has 3 N–H and O–H groups in total. The number of hydrogen-bond donors (Lipinski definition) is 3. The second-order valence-corrected chi connectivity index (χ2v) is 9.44. The summed E-state index contributed by atoms with van der Waals surface area (Å²) in [6.07, 6.45) is 10.1. The molecule has 0 spiro atoms. The van der Waals surface area contributed by atoms with Crippen molar-refractivity contribution in [3.63, 3.8) is 0 Å². The van der Waals surface area contributed by atoms with Crippen LogP contribution in [-0.2, 0) is 28.9 Å². The van der Waals surface area contributed by atoms with Gasteiger partial charge in [-0.05, 0) is 59.7 Å². The first-order chi connectivity index (χ1) is 18.1. The lowest BCUT2D eigenvalue weighted by Crippen LogP contribution is -2.29. The zero-order valence-electron chi connectivity index (χ0n) is 21.2. The van der Waals surface area contributed by atoms with Gasteiger partial charge in [-0.3, -0.25) is 9.69 Å². The first-order valence-corrected chi connectivity index (χ1v) is 12.6. The van der Waals surface area contributed by atoms with Crippen molar-refractivity contribution in [3.05, 3.63) is 101 Å². The van der Waals surface area contributed by atoms with E-state index in [2.05, 4.69) is 62.8 Å². The molecule has 0 saturated heterocycles. The smallest absolute Gasteiger partial charge is 0.330 e. The van der Waals surface area contributed by atoms with Crippen LogP contribution in [-0.4, -0.2) is 47.4 Å². The summed E-state index contributed by atoms with van der Waals surface area (Å²) in [6, 6.07) is 17.0. The Bertz CT molecular complexity index is 1450. The normalized spacial score (nSPS) is 14.9. The summed E-state index contributed by atoms with van der Waals surface area (Å²) in [5, 5.41) is 3.95. The van der Waals surface area contributed by atoms with Crippen molar-refractivity contribution in [1.29, 1.82) is 0 Å². The number of nitrogens with one attached hydrogen (secondary N) is 3. The van der Waals surface area contributed by atoms with Crippen LogP contribution in [0.3, 0.4) is 0 Å². The molecular formula is C30H32N4O3. The van der Waals surface area contributed by atoms with Crippen LogP contribution in [0.5, 0.6) is 0 Å². The Labute approximate surface area is 216 Å². The predicted molar refractivity (Wildman–Crippen MR) is 145 cm³/mol. The molecule has 1 unspecified atom stereocenters. The third-order valence-corrected chi connectivity index (χ3v) is 7.22. The van der Waals surface area contributed by atoms with Crippen molar-refractivity contribution >= 4 is 28.9 Å². The zero-order valence-corrected chi connectivity index (χ0v) is 21.2. The molecule has 4 aromatic rings. The summed E-state index contributed by atoms with van der Waals surface area (Å²) >= 11 is 0. The van der Waals surface area contributed by atoms with Crippen molar-refractivity contribution in [3.8, 4) is 0 Å². The van der Waals surface area contributed by atoms with E-state index in [9.17, 15) is 9.59 Å². The summed E-state index contributed by atoms with van der Waals surface area (Å²) in [5.41, 5.74) is 7.75. The molecule has 7 nitrogen and oxygen atoms in total. The van der Waals surface area contributed by atoms with Crippen molar-refractivity contribution in [2.75, 3.05) is 20.7 Å². The van der Waals surface area contributed by atoms with Crippen LogP contribution in [0.25, 0.3) is 17.0 Å². The first-order valence-electron chi connectivity index (χ1n) is 12.6. The summed E-state index contributed by atoms with van der Waals surface area (Å²) in [7, 11) is 3.03. The fourth-order valence-corrected chi connectivity index (χ4v) is 5.30. The van der Waals surface area contributed by atoms with Gasteiger partial charge in [-0.1, -0.05) is 36.4 Å². The van der Waals surface area contributed by atoms with Gasteiger partial charge in [0, 0.05) is 61.2 Å². The van der Waals surface area contributed by atoms with Crippen LogP contribution in [0.15, 0.2) is 67.0 Å². The molecule has 5 rings (SSSR count). The number of rotatable bonds is 9. The quantitative estimate of drug-likeness (QED) is 0.230. The van der Waals surface area contributed by atoms with E-state index >= 15 is 0 Å². The van der Waals surface area contributed by atoms with Crippen LogP contribution >= 0.6 is 0 Å².